The van der Waals surface area contributed by atoms with Crippen LogP contribution in [0.5, 0.6) is 0 Å². The Hall–Kier alpha value is -0.230. The lowest BCUT2D eigenvalue weighted by molar-refractivity contribution is -0.136. The molecule has 2 nitrogen and oxygen atoms in total. The highest BCUT2D eigenvalue weighted by atomic mass is 127. The van der Waals surface area contributed by atoms with Gasteiger partial charge in [0.15, 0.2) is 0 Å². The van der Waals surface area contributed by atoms with Gasteiger partial charge < -0.3 is 5.11 Å². The molecule has 1 aromatic carbocycles. The molecule has 0 saturated heterocycles. The van der Waals surface area contributed by atoms with Crippen molar-refractivity contribution in [1.82, 2.24) is 0 Å². The first-order valence-corrected chi connectivity index (χ1v) is 4.81. The molecule has 0 atom stereocenters. The molecule has 0 aliphatic carbocycles. The van der Waals surface area contributed by atoms with Crippen molar-refractivity contribution in [1.29, 1.82) is 0 Å². The summed E-state index contributed by atoms with van der Waals surface area (Å²) in [6, 6.07) is 5.43. The summed E-state index contributed by atoms with van der Waals surface area (Å²) in [7, 11) is 0. The average Bonchev–Trinajstić information content (AvgIpc) is 1.94. The molecule has 4 heteroatoms. The number of aliphatic carboxylic acids is 1. The molecule has 0 aliphatic heterocycles. The number of carboxylic acid groups (broad SMARTS) is 1. The van der Waals surface area contributed by atoms with Crippen molar-refractivity contribution in [3.8, 4) is 0 Å². The minimum atomic E-state index is -0.806. The van der Waals surface area contributed by atoms with Crippen LogP contribution < -0.4 is 0 Å². The van der Waals surface area contributed by atoms with E-state index in [4.69, 9.17) is 5.11 Å². The van der Waals surface area contributed by atoms with Crippen molar-refractivity contribution in [2.24, 2.45) is 0 Å². The molecule has 64 valence electrons. The summed E-state index contributed by atoms with van der Waals surface area (Å²) in [6.45, 7) is 0. The third-order valence-corrected chi connectivity index (χ3v) is 2.66. The zero-order valence-corrected chi connectivity index (χ0v) is 9.17. The van der Waals surface area contributed by atoms with Crippen LogP contribution >= 0.6 is 35.2 Å². The molecule has 0 unspecified atom stereocenters. The number of benzene rings is 1. The van der Waals surface area contributed by atoms with Crippen LogP contribution in [0.4, 0.5) is 0 Å². The molecular formula is C8H7IO2S. The summed E-state index contributed by atoms with van der Waals surface area (Å²) in [5.74, 6) is -0.806. The summed E-state index contributed by atoms with van der Waals surface area (Å²) >= 11 is 6.25. The molecular weight excluding hydrogens is 287 g/mol. The lowest BCUT2D eigenvalue weighted by atomic mass is 10.2. The standard InChI is InChI=1S/C8H7IO2S/c9-7-4-6(12)2-1-5(7)3-8(10)11/h1-2,4,12H,3H2,(H,10,11). The Morgan fingerprint density at radius 2 is 2.25 bits per heavy atom. The Bertz CT molecular complexity index is 312. The fourth-order valence-corrected chi connectivity index (χ4v) is 2.00. The first kappa shape index (κ1) is 9.85. The molecule has 0 fully saturated rings. The van der Waals surface area contributed by atoms with Crippen LogP contribution in [0.15, 0.2) is 23.1 Å². The number of carbonyl (C=O) groups is 1. The van der Waals surface area contributed by atoms with Gasteiger partial charge in [-0.05, 0) is 40.3 Å². The van der Waals surface area contributed by atoms with Crippen molar-refractivity contribution in [2.75, 3.05) is 0 Å². The molecule has 1 rings (SSSR count). The predicted octanol–water partition coefficient (Wildman–Crippen LogP) is 2.21. The van der Waals surface area contributed by atoms with Crippen LogP contribution in [0.25, 0.3) is 0 Å². The predicted molar refractivity (Wildman–Crippen MR) is 57.8 cm³/mol. The summed E-state index contributed by atoms with van der Waals surface area (Å²) in [5, 5.41) is 8.54. The lowest BCUT2D eigenvalue weighted by Crippen LogP contribution is -2.01. The molecule has 1 N–H and O–H groups in total. The molecule has 0 radical (unpaired) electrons. The van der Waals surface area contributed by atoms with Crippen LogP contribution in [0, 0.1) is 3.57 Å². The van der Waals surface area contributed by atoms with Gasteiger partial charge in [0, 0.05) is 8.47 Å². The van der Waals surface area contributed by atoms with E-state index in [0.717, 1.165) is 14.0 Å². The Labute approximate surface area is 89.5 Å². The Balaban J connectivity index is 2.93. The maximum Gasteiger partial charge on any atom is 0.307 e. The SMILES string of the molecule is O=C(O)Cc1ccc(S)cc1I. The highest BCUT2D eigenvalue weighted by molar-refractivity contribution is 14.1. The minimum Gasteiger partial charge on any atom is -0.481 e. The first-order chi connectivity index (χ1) is 5.59. The highest BCUT2D eigenvalue weighted by Crippen LogP contribution is 2.17. The van der Waals surface area contributed by atoms with Crippen molar-refractivity contribution >= 4 is 41.2 Å². The van der Waals surface area contributed by atoms with E-state index in [9.17, 15) is 4.79 Å². The van der Waals surface area contributed by atoms with Gasteiger partial charge in [0.1, 0.15) is 0 Å². The van der Waals surface area contributed by atoms with E-state index < -0.39 is 5.97 Å². The van der Waals surface area contributed by atoms with Crippen LogP contribution in [-0.4, -0.2) is 11.1 Å². The molecule has 0 heterocycles. The molecule has 0 aliphatic rings. The van der Waals surface area contributed by atoms with E-state index in [1.54, 1.807) is 12.1 Å². The quantitative estimate of drug-likeness (QED) is 0.648. The first-order valence-electron chi connectivity index (χ1n) is 3.29. The van der Waals surface area contributed by atoms with Crippen LogP contribution in [0.2, 0.25) is 0 Å². The monoisotopic (exact) mass is 294 g/mol. The topological polar surface area (TPSA) is 37.3 Å². The zero-order valence-electron chi connectivity index (χ0n) is 6.12. The van der Waals surface area contributed by atoms with Gasteiger partial charge in [-0.1, -0.05) is 6.07 Å². The van der Waals surface area contributed by atoms with E-state index in [0.29, 0.717) is 0 Å². The second kappa shape index (κ2) is 4.13. The van der Waals surface area contributed by atoms with Crippen molar-refractivity contribution in [2.45, 2.75) is 11.3 Å². The third-order valence-electron chi connectivity index (χ3n) is 1.38. The van der Waals surface area contributed by atoms with E-state index in [1.807, 2.05) is 6.07 Å². The molecule has 0 spiro atoms. The average molecular weight is 294 g/mol. The van der Waals surface area contributed by atoms with E-state index in [2.05, 4.69) is 35.2 Å². The van der Waals surface area contributed by atoms with E-state index in [-0.39, 0.29) is 6.42 Å². The van der Waals surface area contributed by atoms with Gasteiger partial charge in [-0.25, -0.2) is 0 Å². The number of thiol groups is 1. The smallest absolute Gasteiger partial charge is 0.307 e. The Kier molecular flexibility index (Phi) is 3.39. The van der Waals surface area contributed by atoms with Gasteiger partial charge in [0.05, 0.1) is 6.42 Å². The summed E-state index contributed by atoms with van der Waals surface area (Å²) in [6.07, 6.45) is 0.0757. The summed E-state index contributed by atoms with van der Waals surface area (Å²) in [5.41, 5.74) is 0.834. The number of hydrogen-bond donors (Lipinski definition) is 2. The van der Waals surface area contributed by atoms with Crippen LogP contribution in [0.3, 0.4) is 0 Å². The summed E-state index contributed by atoms with van der Waals surface area (Å²) in [4.78, 5) is 11.2. The van der Waals surface area contributed by atoms with E-state index >= 15 is 0 Å². The third kappa shape index (κ3) is 2.67. The Morgan fingerprint density at radius 3 is 2.75 bits per heavy atom. The van der Waals surface area contributed by atoms with Crippen molar-refractivity contribution in [3.05, 3.63) is 27.3 Å². The fraction of sp³-hybridized carbons (Fsp3) is 0.125. The van der Waals surface area contributed by atoms with Gasteiger partial charge in [-0.2, -0.15) is 0 Å². The molecule has 0 amide bonds. The van der Waals surface area contributed by atoms with Crippen molar-refractivity contribution in [3.63, 3.8) is 0 Å². The number of hydrogen-bond acceptors (Lipinski definition) is 2. The maximum atomic E-state index is 10.4. The van der Waals surface area contributed by atoms with Gasteiger partial charge in [-0.3, -0.25) is 4.79 Å². The zero-order chi connectivity index (χ0) is 9.14. The van der Waals surface area contributed by atoms with Crippen molar-refractivity contribution < 1.29 is 9.90 Å². The maximum absolute atomic E-state index is 10.4. The normalized spacial score (nSPS) is 9.83. The van der Waals surface area contributed by atoms with Crippen LogP contribution in [0.1, 0.15) is 5.56 Å². The molecule has 0 bridgehead atoms. The largest absolute Gasteiger partial charge is 0.481 e. The van der Waals surface area contributed by atoms with Gasteiger partial charge in [-0.15, -0.1) is 12.6 Å². The van der Waals surface area contributed by atoms with Gasteiger partial charge >= 0.3 is 5.97 Å². The van der Waals surface area contributed by atoms with E-state index in [1.165, 1.54) is 0 Å². The summed E-state index contributed by atoms with van der Waals surface area (Å²) < 4.78 is 0.947. The number of halogens is 1. The van der Waals surface area contributed by atoms with Gasteiger partial charge in [0.25, 0.3) is 0 Å². The molecule has 1 aromatic rings. The Morgan fingerprint density at radius 1 is 1.58 bits per heavy atom. The second-order valence-electron chi connectivity index (χ2n) is 2.35. The molecule has 0 saturated carbocycles. The van der Waals surface area contributed by atoms with Crippen LogP contribution in [-0.2, 0) is 11.2 Å². The highest BCUT2D eigenvalue weighted by Gasteiger charge is 2.04. The lowest BCUT2D eigenvalue weighted by Gasteiger charge is -2.01. The number of rotatable bonds is 2. The second-order valence-corrected chi connectivity index (χ2v) is 4.02. The fourth-order valence-electron chi connectivity index (χ4n) is 0.843. The number of carboxylic acids is 1. The van der Waals surface area contributed by atoms with Gasteiger partial charge in [0.2, 0.25) is 0 Å². The minimum absolute atomic E-state index is 0.0757. The molecule has 12 heavy (non-hydrogen) atoms. The molecule has 0 aromatic heterocycles.